The number of aromatic nitrogens is 1. The van der Waals surface area contributed by atoms with E-state index in [1.54, 1.807) is 18.2 Å². The van der Waals surface area contributed by atoms with Crippen molar-refractivity contribution in [3.63, 3.8) is 0 Å². The predicted molar refractivity (Wildman–Crippen MR) is 82.1 cm³/mol. The molecule has 0 radical (unpaired) electrons. The first kappa shape index (κ1) is 16.0. The number of hydrogen-bond donors (Lipinski definition) is 1. The van der Waals surface area contributed by atoms with E-state index in [9.17, 15) is 17.6 Å². The van der Waals surface area contributed by atoms with Gasteiger partial charge in [0.05, 0.1) is 5.39 Å². The lowest BCUT2D eigenvalue weighted by molar-refractivity contribution is -0.0498. The van der Waals surface area contributed by atoms with Crippen LogP contribution in [0.5, 0.6) is 5.75 Å². The van der Waals surface area contributed by atoms with Crippen molar-refractivity contribution in [3.05, 3.63) is 65.9 Å². The van der Waals surface area contributed by atoms with Crippen molar-refractivity contribution < 1.29 is 22.3 Å². The van der Waals surface area contributed by atoms with Gasteiger partial charge in [0.15, 0.2) is 0 Å². The van der Waals surface area contributed by atoms with Crippen LogP contribution in [0.2, 0.25) is 0 Å². The molecular formula is C17H12F4N2O. The maximum atomic E-state index is 14.0. The Hall–Kier alpha value is -2.83. The molecule has 0 aliphatic rings. The number of alkyl halides is 2. The van der Waals surface area contributed by atoms with E-state index in [2.05, 4.69) is 15.0 Å². The van der Waals surface area contributed by atoms with E-state index in [-0.39, 0.29) is 16.7 Å². The van der Waals surface area contributed by atoms with E-state index in [1.165, 1.54) is 18.3 Å². The predicted octanol–water partition coefficient (Wildman–Crippen LogP) is 4.73. The van der Waals surface area contributed by atoms with Crippen LogP contribution in [0.15, 0.2) is 48.7 Å². The van der Waals surface area contributed by atoms with Crippen LogP contribution >= 0.6 is 0 Å². The van der Waals surface area contributed by atoms with Crippen LogP contribution in [0.1, 0.15) is 5.56 Å². The molecule has 0 saturated carbocycles. The zero-order chi connectivity index (χ0) is 17.1. The van der Waals surface area contributed by atoms with Gasteiger partial charge in [-0.15, -0.1) is 0 Å². The lowest BCUT2D eigenvalue weighted by Gasteiger charge is -2.11. The van der Waals surface area contributed by atoms with Gasteiger partial charge in [-0.2, -0.15) is 8.78 Å². The van der Waals surface area contributed by atoms with E-state index < -0.39 is 18.2 Å². The van der Waals surface area contributed by atoms with Crippen molar-refractivity contribution in [1.82, 2.24) is 4.98 Å². The summed E-state index contributed by atoms with van der Waals surface area (Å²) in [4.78, 5) is 3.85. The lowest BCUT2D eigenvalue weighted by Crippen LogP contribution is -2.03. The third-order valence-corrected chi connectivity index (χ3v) is 3.42. The molecule has 3 nitrogen and oxygen atoms in total. The Morgan fingerprint density at radius 2 is 1.67 bits per heavy atom. The average Bonchev–Trinajstić information content (AvgIpc) is 2.57. The van der Waals surface area contributed by atoms with E-state index in [1.807, 2.05) is 0 Å². The number of anilines is 1. The zero-order valence-corrected chi connectivity index (χ0v) is 12.3. The summed E-state index contributed by atoms with van der Waals surface area (Å²) in [6.45, 7) is -2.58. The van der Waals surface area contributed by atoms with Crippen LogP contribution in [0.4, 0.5) is 23.2 Å². The molecule has 0 amide bonds. The summed E-state index contributed by atoms with van der Waals surface area (Å²) in [6, 6.07) is 9.63. The van der Waals surface area contributed by atoms with Gasteiger partial charge in [-0.05, 0) is 35.9 Å². The average molecular weight is 336 g/mol. The van der Waals surface area contributed by atoms with Gasteiger partial charge in [0.2, 0.25) is 0 Å². The highest BCUT2D eigenvalue weighted by atomic mass is 19.3. The highest BCUT2D eigenvalue weighted by molar-refractivity contribution is 5.91. The monoisotopic (exact) mass is 336 g/mol. The molecule has 2 aromatic carbocycles. The zero-order valence-electron chi connectivity index (χ0n) is 12.3. The van der Waals surface area contributed by atoms with Crippen LogP contribution in [0.3, 0.4) is 0 Å². The molecular weight excluding hydrogens is 324 g/mol. The number of fused-ring (bicyclic) bond motifs is 1. The Labute approximate surface area is 134 Å². The largest absolute Gasteiger partial charge is 0.435 e. The first-order valence-corrected chi connectivity index (χ1v) is 7.05. The summed E-state index contributed by atoms with van der Waals surface area (Å²) < 4.78 is 56.2. The molecule has 0 bridgehead atoms. The number of nitrogens with zero attached hydrogens (tertiary/aromatic N) is 1. The maximum Gasteiger partial charge on any atom is 0.387 e. The van der Waals surface area contributed by atoms with Crippen molar-refractivity contribution in [2.75, 3.05) is 5.32 Å². The molecule has 1 N–H and O–H groups in total. The standard InChI is InChI=1S/C17H12F4N2O/c18-12-5-6-13(19)16-15(12)14(7-8-22-16)23-9-10-1-3-11(4-2-10)24-17(20)21/h1-8,17H,9H2,(H,22,23). The van der Waals surface area contributed by atoms with Crippen molar-refractivity contribution in [1.29, 1.82) is 0 Å². The molecule has 7 heteroatoms. The third-order valence-electron chi connectivity index (χ3n) is 3.42. The number of nitrogens with one attached hydrogen (secondary N) is 1. The number of ether oxygens (including phenoxy) is 1. The smallest absolute Gasteiger partial charge is 0.387 e. The van der Waals surface area contributed by atoms with Gasteiger partial charge < -0.3 is 10.1 Å². The maximum absolute atomic E-state index is 14.0. The Balaban J connectivity index is 1.80. The van der Waals surface area contributed by atoms with Crippen molar-refractivity contribution in [2.24, 2.45) is 0 Å². The Bertz CT molecular complexity index is 853. The molecule has 0 fully saturated rings. The normalized spacial score (nSPS) is 11.0. The first-order valence-electron chi connectivity index (χ1n) is 7.05. The second kappa shape index (κ2) is 6.74. The summed E-state index contributed by atoms with van der Waals surface area (Å²) >= 11 is 0. The molecule has 24 heavy (non-hydrogen) atoms. The van der Waals surface area contributed by atoms with Gasteiger partial charge in [0.1, 0.15) is 22.9 Å². The fourth-order valence-electron chi connectivity index (χ4n) is 2.33. The molecule has 1 aromatic heterocycles. The van der Waals surface area contributed by atoms with Gasteiger partial charge in [-0.1, -0.05) is 12.1 Å². The van der Waals surface area contributed by atoms with Crippen LogP contribution < -0.4 is 10.1 Å². The number of rotatable bonds is 5. The van der Waals surface area contributed by atoms with Crippen molar-refractivity contribution >= 4 is 16.6 Å². The SMILES string of the molecule is Fc1ccc(F)c2c(NCc3ccc(OC(F)F)cc3)ccnc12. The number of benzene rings is 2. The molecule has 3 rings (SSSR count). The van der Waals surface area contributed by atoms with Crippen LogP contribution in [-0.4, -0.2) is 11.6 Å². The topological polar surface area (TPSA) is 34.1 Å². The molecule has 0 aliphatic carbocycles. The number of halogens is 4. The van der Waals surface area contributed by atoms with Crippen LogP contribution in [0, 0.1) is 11.6 Å². The molecule has 0 atom stereocenters. The minimum atomic E-state index is -2.88. The first-order chi connectivity index (χ1) is 11.5. The fraction of sp³-hybridized carbons (Fsp3) is 0.118. The minimum Gasteiger partial charge on any atom is -0.435 e. The van der Waals surface area contributed by atoms with Crippen molar-refractivity contribution in [2.45, 2.75) is 13.2 Å². The van der Waals surface area contributed by atoms with E-state index in [0.717, 1.165) is 17.7 Å². The highest BCUT2D eigenvalue weighted by Crippen LogP contribution is 2.27. The second-order valence-corrected chi connectivity index (χ2v) is 4.99. The van der Waals surface area contributed by atoms with Crippen LogP contribution in [0.25, 0.3) is 10.9 Å². The van der Waals surface area contributed by atoms with Gasteiger partial charge in [-0.3, -0.25) is 4.98 Å². The molecule has 0 spiro atoms. The molecule has 124 valence electrons. The Morgan fingerprint density at radius 1 is 0.958 bits per heavy atom. The Kier molecular flexibility index (Phi) is 4.50. The highest BCUT2D eigenvalue weighted by Gasteiger charge is 2.11. The molecule has 3 aromatic rings. The molecule has 1 heterocycles. The summed E-state index contributed by atoms with van der Waals surface area (Å²) in [5.41, 5.74) is 1.10. The third kappa shape index (κ3) is 3.40. The lowest BCUT2D eigenvalue weighted by atomic mass is 10.1. The molecule has 0 aliphatic heterocycles. The molecule has 0 unspecified atom stereocenters. The fourth-order valence-corrected chi connectivity index (χ4v) is 2.33. The van der Waals surface area contributed by atoms with E-state index in [4.69, 9.17) is 0 Å². The number of hydrogen-bond acceptors (Lipinski definition) is 3. The van der Waals surface area contributed by atoms with Crippen molar-refractivity contribution in [3.8, 4) is 5.75 Å². The second-order valence-electron chi connectivity index (χ2n) is 4.99. The summed E-state index contributed by atoms with van der Waals surface area (Å²) in [7, 11) is 0. The summed E-state index contributed by atoms with van der Waals surface area (Å²) in [5, 5.41) is 3.06. The molecule has 0 saturated heterocycles. The summed E-state index contributed by atoms with van der Waals surface area (Å²) in [6.07, 6.45) is 1.38. The minimum absolute atomic E-state index is 0.0521. The van der Waals surface area contributed by atoms with Gasteiger partial charge in [-0.25, -0.2) is 8.78 Å². The summed E-state index contributed by atoms with van der Waals surface area (Å²) in [5.74, 6) is -1.14. The van der Waals surface area contributed by atoms with E-state index >= 15 is 0 Å². The van der Waals surface area contributed by atoms with Gasteiger partial charge >= 0.3 is 6.61 Å². The van der Waals surface area contributed by atoms with E-state index in [0.29, 0.717) is 12.2 Å². The van der Waals surface area contributed by atoms with Gasteiger partial charge in [0, 0.05) is 18.4 Å². The quantitative estimate of drug-likeness (QED) is 0.684. The van der Waals surface area contributed by atoms with Crippen LogP contribution in [-0.2, 0) is 6.54 Å². The Morgan fingerprint density at radius 3 is 2.38 bits per heavy atom. The van der Waals surface area contributed by atoms with Gasteiger partial charge in [0.25, 0.3) is 0 Å². The number of pyridine rings is 1.